The first kappa shape index (κ1) is 19.0. The minimum atomic E-state index is -0.586. The molecule has 3 atom stereocenters. The smallest absolute Gasteiger partial charge is 0.314 e. The molecule has 0 spiro atoms. The van der Waals surface area contributed by atoms with Gasteiger partial charge in [0.15, 0.2) is 0 Å². The van der Waals surface area contributed by atoms with Crippen LogP contribution in [-0.4, -0.2) is 47.9 Å². The Labute approximate surface area is 165 Å². The summed E-state index contributed by atoms with van der Waals surface area (Å²) in [4.78, 5) is 41.9. The number of hydrogen-bond acceptors (Lipinski definition) is 4. The summed E-state index contributed by atoms with van der Waals surface area (Å²) in [6.45, 7) is 4.90. The maximum Gasteiger partial charge on any atom is 0.314 e. The number of fused-ring (bicyclic) bond motifs is 2. The Morgan fingerprint density at radius 2 is 2.07 bits per heavy atom. The van der Waals surface area contributed by atoms with Crippen molar-refractivity contribution >= 4 is 23.5 Å². The van der Waals surface area contributed by atoms with Crippen LogP contribution < -0.4 is 4.90 Å². The zero-order valence-electron chi connectivity index (χ0n) is 16.6. The highest BCUT2D eigenvalue weighted by Crippen LogP contribution is 2.52. The first-order valence-corrected chi connectivity index (χ1v) is 10.4. The molecule has 150 valence electrons. The SMILES string of the molecule is CCOC(=O)[C@@]1(CC)C[C@H]2CC[C@@H]1N2C(=O)c1cccc(N2CCCC2=O)c1. The molecule has 3 saturated heterocycles. The van der Waals surface area contributed by atoms with E-state index in [-0.39, 0.29) is 29.9 Å². The lowest BCUT2D eigenvalue weighted by Gasteiger charge is -2.34. The van der Waals surface area contributed by atoms with Gasteiger partial charge in [0.2, 0.25) is 5.91 Å². The van der Waals surface area contributed by atoms with Crippen LogP contribution >= 0.6 is 0 Å². The van der Waals surface area contributed by atoms with Crippen molar-refractivity contribution in [3.63, 3.8) is 0 Å². The Morgan fingerprint density at radius 3 is 2.75 bits per heavy atom. The number of rotatable bonds is 5. The number of carbonyl (C=O) groups excluding carboxylic acids is 3. The molecule has 0 unspecified atom stereocenters. The molecular formula is C22H28N2O4. The minimum absolute atomic E-state index is 0.0411. The van der Waals surface area contributed by atoms with Gasteiger partial charge in [0.1, 0.15) is 0 Å². The number of benzene rings is 1. The normalized spacial score (nSPS) is 28.9. The topological polar surface area (TPSA) is 66.9 Å². The summed E-state index contributed by atoms with van der Waals surface area (Å²) in [5.41, 5.74) is 0.786. The van der Waals surface area contributed by atoms with Gasteiger partial charge in [-0.3, -0.25) is 14.4 Å². The van der Waals surface area contributed by atoms with E-state index in [1.54, 1.807) is 4.90 Å². The average molecular weight is 384 g/mol. The summed E-state index contributed by atoms with van der Waals surface area (Å²) >= 11 is 0. The lowest BCUT2D eigenvalue weighted by atomic mass is 9.72. The van der Waals surface area contributed by atoms with Crippen LogP contribution in [0.4, 0.5) is 5.69 Å². The van der Waals surface area contributed by atoms with Crippen LogP contribution in [0.1, 0.15) is 62.7 Å². The van der Waals surface area contributed by atoms with E-state index in [1.807, 2.05) is 43.0 Å². The van der Waals surface area contributed by atoms with Gasteiger partial charge in [0, 0.05) is 36.3 Å². The Morgan fingerprint density at radius 1 is 1.25 bits per heavy atom. The van der Waals surface area contributed by atoms with E-state index in [4.69, 9.17) is 4.74 Å². The summed E-state index contributed by atoms with van der Waals surface area (Å²) in [7, 11) is 0. The standard InChI is InChI=1S/C22H28N2O4/c1-3-22(21(27)28-4-2)14-17-10-11-18(22)24(17)20(26)15-7-5-8-16(13-15)23-12-6-9-19(23)25/h5,7-8,13,17-18H,3-4,6,9-12,14H2,1-2H3/t17-,18+,22+/m1/s1. The quantitative estimate of drug-likeness (QED) is 0.732. The number of carbonyl (C=O) groups is 3. The van der Waals surface area contributed by atoms with Crippen LogP contribution in [0, 0.1) is 5.41 Å². The van der Waals surface area contributed by atoms with Gasteiger partial charge < -0.3 is 14.5 Å². The van der Waals surface area contributed by atoms with Gasteiger partial charge in [-0.05, 0) is 57.2 Å². The largest absolute Gasteiger partial charge is 0.466 e. The molecule has 0 aliphatic carbocycles. The molecule has 4 rings (SSSR count). The molecule has 6 nitrogen and oxygen atoms in total. The van der Waals surface area contributed by atoms with Crippen LogP contribution in [-0.2, 0) is 14.3 Å². The molecule has 2 amide bonds. The van der Waals surface area contributed by atoms with Crippen molar-refractivity contribution in [2.75, 3.05) is 18.1 Å². The summed E-state index contributed by atoms with van der Waals surface area (Å²) in [5, 5.41) is 0. The first-order valence-electron chi connectivity index (χ1n) is 10.4. The second-order valence-corrected chi connectivity index (χ2v) is 8.09. The molecule has 3 aliphatic rings. The van der Waals surface area contributed by atoms with Crippen molar-refractivity contribution in [1.29, 1.82) is 0 Å². The highest BCUT2D eigenvalue weighted by atomic mass is 16.5. The lowest BCUT2D eigenvalue weighted by Crippen LogP contribution is -2.45. The van der Waals surface area contributed by atoms with Crippen LogP contribution in [0.3, 0.4) is 0 Å². The van der Waals surface area contributed by atoms with Crippen LogP contribution in [0.2, 0.25) is 0 Å². The van der Waals surface area contributed by atoms with Gasteiger partial charge in [0.25, 0.3) is 5.91 Å². The zero-order valence-corrected chi connectivity index (χ0v) is 16.6. The summed E-state index contributed by atoms with van der Waals surface area (Å²) in [6.07, 6.45) is 4.55. The monoisotopic (exact) mass is 384 g/mol. The molecule has 2 bridgehead atoms. The molecule has 0 N–H and O–H groups in total. The van der Waals surface area contributed by atoms with Crippen LogP contribution in [0.15, 0.2) is 24.3 Å². The Bertz CT molecular complexity index is 807. The van der Waals surface area contributed by atoms with Gasteiger partial charge in [-0.1, -0.05) is 13.0 Å². The van der Waals surface area contributed by atoms with Crippen molar-refractivity contribution in [2.45, 2.75) is 64.5 Å². The van der Waals surface area contributed by atoms with E-state index in [0.29, 0.717) is 38.0 Å². The fourth-order valence-electron chi connectivity index (χ4n) is 5.39. The predicted octanol–water partition coefficient (Wildman–Crippen LogP) is 3.15. The third-order valence-corrected chi connectivity index (χ3v) is 6.77. The van der Waals surface area contributed by atoms with Crippen molar-refractivity contribution in [3.05, 3.63) is 29.8 Å². The second kappa shape index (κ2) is 7.22. The van der Waals surface area contributed by atoms with Crippen molar-refractivity contribution in [1.82, 2.24) is 4.90 Å². The summed E-state index contributed by atoms with van der Waals surface area (Å²) in [5.74, 6) is -0.0994. The average Bonchev–Trinajstić information content (AvgIpc) is 3.41. The molecule has 3 heterocycles. The highest BCUT2D eigenvalue weighted by molar-refractivity contribution is 6.00. The molecule has 3 aliphatic heterocycles. The van der Waals surface area contributed by atoms with Crippen LogP contribution in [0.5, 0.6) is 0 Å². The van der Waals surface area contributed by atoms with Gasteiger partial charge in [-0.15, -0.1) is 0 Å². The molecule has 6 heteroatoms. The van der Waals surface area contributed by atoms with E-state index in [0.717, 1.165) is 24.9 Å². The van der Waals surface area contributed by atoms with Gasteiger partial charge in [-0.25, -0.2) is 0 Å². The second-order valence-electron chi connectivity index (χ2n) is 8.09. The fraction of sp³-hybridized carbons (Fsp3) is 0.591. The molecule has 0 aromatic heterocycles. The van der Waals surface area contributed by atoms with Crippen molar-refractivity contribution in [2.24, 2.45) is 5.41 Å². The fourth-order valence-corrected chi connectivity index (χ4v) is 5.39. The van der Waals surface area contributed by atoms with E-state index in [1.165, 1.54) is 0 Å². The lowest BCUT2D eigenvalue weighted by molar-refractivity contribution is -0.157. The molecule has 3 fully saturated rings. The first-order chi connectivity index (χ1) is 13.5. The molecular weight excluding hydrogens is 356 g/mol. The summed E-state index contributed by atoms with van der Waals surface area (Å²) in [6, 6.07) is 7.33. The van der Waals surface area contributed by atoms with E-state index >= 15 is 0 Å². The van der Waals surface area contributed by atoms with Crippen molar-refractivity contribution < 1.29 is 19.1 Å². The van der Waals surface area contributed by atoms with Gasteiger partial charge in [0.05, 0.1) is 12.0 Å². The predicted molar refractivity (Wildman–Crippen MR) is 105 cm³/mol. The Hall–Kier alpha value is -2.37. The molecule has 1 aromatic rings. The third kappa shape index (κ3) is 2.81. The third-order valence-electron chi connectivity index (χ3n) is 6.77. The van der Waals surface area contributed by atoms with Gasteiger partial charge in [-0.2, -0.15) is 0 Å². The summed E-state index contributed by atoms with van der Waals surface area (Å²) < 4.78 is 5.38. The van der Waals surface area contributed by atoms with E-state index in [2.05, 4.69) is 0 Å². The van der Waals surface area contributed by atoms with E-state index in [9.17, 15) is 14.4 Å². The number of esters is 1. The number of nitrogens with zero attached hydrogens (tertiary/aromatic N) is 2. The minimum Gasteiger partial charge on any atom is -0.466 e. The zero-order chi connectivity index (χ0) is 19.9. The maximum absolute atomic E-state index is 13.4. The molecule has 0 saturated carbocycles. The Kier molecular flexibility index (Phi) is 4.89. The number of hydrogen-bond donors (Lipinski definition) is 0. The molecule has 0 radical (unpaired) electrons. The highest BCUT2D eigenvalue weighted by Gasteiger charge is 2.61. The van der Waals surface area contributed by atoms with Gasteiger partial charge >= 0.3 is 5.97 Å². The van der Waals surface area contributed by atoms with Crippen LogP contribution in [0.25, 0.3) is 0 Å². The number of anilines is 1. The number of amides is 2. The van der Waals surface area contributed by atoms with E-state index < -0.39 is 5.41 Å². The molecule has 1 aromatic carbocycles. The molecule has 28 heavy (non-hydrogen) atoms. The maximum atomic E-state index is 13.4. The Balaban J connectivity index is 1.61. The number of ether oxygens (including phenoxy) is 1. The van der Waals surface area contributed by atoms with Crippen molar-refractivity contribution in [3.8, 4) is 0 Å².